The fourth-order valence-electron chi connectivity index (χ4n) is 4.35. The average Bonchev–Trinajstić information content (AvgIpc) is 3.09. The molecular weight excluding hydrogens is 623 g/mol. The van der Waals surface area contributed by atoms with Gasteiger partial charge in [0.2, 0.25) is 0 Å². The molecule has 0 fully saturated rings. The molecule has 0 aliphatic rings. The zero-order valence-corrected chi connectivity index (χ0v) is 27.9. The molecule has 0 aliphatic heterocycles. The number of allylic oxidation sites excluding steroid dienone is 1. The molecular formula is C41H37FO7. The lowest BCUT2D eigenvalue weighted by Crippen LogP contribution is -2.12. The first kappa shape index (κ1) is 35.8. The molecule has 0 atom stereocenters. The Kier molecular flexibility index (Phi) is 12.2. The van der Waals surface area contributed by atoms with Crippen LogP contribution in [0.5, 0.6) is 17.2 Å². The molecule has 0 amide bonds. The van der Waals surface area contributed by atoms with Crippen LogP contribution in [0, 0.1) is 5.82 Å². The van der Waals surface area contributed by atoms with Gasteiger partial charge >= 0.3 is 17.9 Å². The van der Waals surface area contributed by atoms with Crippen molar-refractivity contribution in [3.05, 3.63) is 138 Å². The summed E-state index contributed by atoms with van der Waals surface area (Å²) in [5.74, 6) is -0.613. The Labute approximate surface area is 285 Å². The fourth-order valence-corrected chi connectivity index (χ4v) is 4.35. The molecule has 0 bridgehead atoms. The van der Waals surface area contributed by atoms with Crippen LogP contribution in [0.2, 0.25) is 0 Å². The van der Waals surface area contributed by atoms with E-state index in [2.05, 4.69) is 13.2 Å². The van der Waals surface area contributed by atoms with Crippen molar-refractivity contribution < 1.29 is 37.7 Å². The highest BCUT2D eigenvalue weighted by Gasteiger charge is 2.14. The Balaban J connectivity index is 1.51. The van der Waals surface area contributed by atoms with Gasteiger partial charge in [-0.3, -0.25) is 0 Å². The minimum atomic E-state index is -0.513. The normalized spacial score (nSPS) is 11.2. The van der Waals surface area contributed by atoms with Gasteiger partial charge in [0.15, 0.2) is 0 Å². The Hall–Kier alpha value is -6.02. The minimum absolute atomic E-state index is 0.0883. The molecule has 8 heteroatoms. The highest BCUT2D eigenvalue weighted by atomic mass is 19.1. The van der Waals surface area contributed by atoms with Crippen LogP contribution in [0.3, 0.4) is 0 Å². The van der Waals surface area contributed by atoms with E-state index >= 15 is 4.39 Å². The monoisotopic (exact) mass is 660 g/mol. The van der Waals surface area contributed by atoms with Gasteiger partial charge in [-0.15, -0.1) is 0 Å². The quantitative estimate of drug-likeness (QED) is 0.0465. The van der Waals surface area contributed by atoms with E-state index in [0.29, 0.717) is 56.2 Å². The maximum Gasteiger partial charge on any atom is 0.338 e. The molecule has 0 radical (unpaired) electrons. The molecule has 0 saturated carbocycles. The van der Waals surface area contributed by atoms with E-state index in [1.165, 1.54) is 6.07 Å². The van der Waals surface area contributed by atoms with E-state index in [1.807, 2.05) is 24.3 Å². The summed E-state index contributed by atoms with van der Waals surface area (Å²) < 4.78 is 36.9. The first-order valence-corrected chi connectivity index (χ1v) is 15.5. The van der Waals surface area contributed by atoms with E-state index in [4.69, 9.17) is 18.9 Å². The van der Waals surface area contributed by atoms with Gasteiger partial charge in [-0.05, 0) is 86.3 Å². The van der Waals surface area contributed by atoms with Gasteiger partial charge in [0.05, 0.1) is 0 Å². The van der Waals surface area contributed by atoms with E-state index in [0.717, 1.165) is 11.1 Å². The van der Waals surface area contributed by atoms with Crippen LogP contribution in [0.25, 0.3) is 34.4 Å². The van der Waals surface area contributed by atoms with Crippen LogP contribution in [0.1, 0.15) is 38.8 Å². The molecule has 4 rings (SSSR count). The molecule has 0 spiro atoms. The number of benzene rings is 4. The SMILES string of the molecule is C=C(C)C(=O)OCCOc1ccc(-c2ccc(/C=C/c3ccc(-c4ccc(OC(=O)C(=C)C)cc4)cc3F)cc2OC(=O)/C(C)=C/C)cc1. The topological polar surface area (TPSA) is 88.1 Å². The lowest BCUT2D eigenvalue weighted by atomic mass is 10.0. The number of rotatable bonds is 13. The molecule has 0 heterocycles. The lowest BCUT2D eigenvalue weighted by molar-refractivity contribution is -0.139. The number of carbonyl (C=O) groups excluding carboxylic acids is 3. The van der Waals surface area contributed by atoms with Gasteiger partial charge in [0.25, 0.3) is 0 Å². The Morgan fingerprint density at radius 1 is 0.673 bits per heavy atom. The van der Waals surface area contributed by atoms with Crippen LogP contribution in [0.15, 0.2) is 121 Å². The summed E-state index contributed by atoms with van der Waals surface area (Å²) in [6.07, 6.45) is 5.06. The van der Waals surface area contributed by atoms with Gasteiger partial charge in [-0.1, -0.05) is 79.9 Å². The van der Waals surface area contributed by atoms with Crippen LogP contribution in [-0.4, -0.2) is 31.1 Å². The number of esters is 3. The van der Waals surface area contributed by atoms with Crippen molar-refractivity contribution in [3.63, 3.8) is 0 Å². The summed E-state index contributed by atoms with van der Waals surface area (Å²) in [7, 11) is 0. The molecule has 0 aliphatic carbocycles. The third-order valence-electron chi connectivity index (χ3n) is 7.26. The maximum atomic E-state index is 15.2. The zero-order chi connectivity index (χ0) is 35.5. The molecule has 0 saturated heterocycles. The van der Waals surface area contributed by atoms with Gasteiger partial charge in [-0.2, -0.15) is 0 Å². The van der Waals surface area contributed by atoms with Gasteiger partial charge in [-0.25, -0.2) is 18.8 Å². The Bertz CT molecular complexity index is 1930. The highest BCUT2D eigenvalue weighted by Crippen LogP contribution is 2.34. The van der Waals surface area contributed by atoms with Crippen LogP contribution in [-0.2, 0) is 19.1 Å². The fraction of sp³-hybridized carbons (Fsp3) is 0.146. The second kappa shape index (κ2) is 16.7. The summed E-state index contributed by atoms with van der Waals surface area (Å²) in [6, 6.07) is 24.3. The molecule has 4 aromatic rings. The number of hydrogen-bond donors (Lipinski definition) is 0. The van der Waals surface area contributed by atoms with Crippen molar-refractivity contribution in [2.75, 3.05) is 13.2 Å². The standard InChI is InChI=1S/C41H37FO7/c1-7-28(6)41(45)49-38-24-29(9-21-36(38)31-15-17-34(18-16-31)46-22-23-47-39(43)26(2)3)8-10-32-11-12-33(25-37(32)42)30-13-19-35(20-14-30)48-40(44)27(4)5/h7-21,24-25H,2,4,22-23H2,1,3,5-6H3/b10-8+,28-7+. The third kappa shape index (κ3) is 9.98. The molecule has 4 aromatic carbocycles. The van der Waals surface area contributed by atoms with Crippen molar-refractivity contribution in [1.82, 2.24) is 0 Å². The molecule has 0 unspecified atom stereocenters. The number of ether oxygens (including phenoxy) is 4. The lowest BCUT2D eigenvalue weighted by Gasteiger charge is -2.13. The first-order valence-electron chi connectivity index (χ1n) is 15.5. The van der Waals surface area contributed by atoms with Crippen LogP contribution >= 0.6 is 0 Å². The van der Waals surface area contributed by atoms with Crippen molar-refractivity contribution in [2.45, 2.75) is 27.7 Å². The second-order valence-electron chi connectivity index (χ2n) is 11.2. The van der Waals surface area contributed by atoms with Gasteiger partial charge < -0.3 is 18.9 Å². The predicted molar refractivity (Wildman–Crippen MR) is 189 cm³/mol. The Morgan fingerprint density at radius 3 is 1.94 bits per heavy atom. The minimum Gasteiger partial charge on any atom is -0.490 e. The number of carbonyl (C=O) groups is 3. The highest BCUT2D eigenvalue weighted by molar-refractivity contribution is 5.91. The predicted octanol–water partition coefficient (Wildman–Crippen LogP) is 9.18. The molecule has 49 heavy (non-hydrogen) atoms. The summed E-state index contributed by atoms with van der Waals surface area (Å²) >= 11 is 0. The van der Waals surface area contributed by atoms with Crippen LogP contribution in [0.4, 0.5) is 4.39 Å². The van der Waals surface area contributed by atoms with Gasteiger partial charge in [0.1, 0.15) is 36.3 Å². The van der Waals surface area contributed by atoms with E-state index in [9.17, 15) is 14.4 Å². The molecule has 0 aromatic heterocycles. The summed E-state index contributed by atoms with van der Waals surface area (Å²) in [6.45, 7) is 14.0. The van der Waals surface area contributed by atoms with Crippen molar-refractivity contribution in [2.24, 2.45) is 0 Å². The maximum absolute atomic E-state index is 15.2. The van der Waals surface area contributed by atoms with Crippen molar-refractivity contribution in [3.8, 4) is 39.5 Å². The smallest absolute Gasteiger partial charge is 0.338 e. The average molecular weight is 661 g/mol. The first-order chi connectivity index (χ1) is 23.4. The third-order valence-corrected chi connectivity index (χ3v) is 7.26. The van der Waals surface area contributed by atoms with Crippen molar-refractivity contribution >= 4 is 30.1 Å². The number of halogens is 1. The second-order valence-corrected chi connectivity index (χ2v) is 11.2. The van der Waals surface area contributed by atoms with E-state index < -0.39 is 23.7 Å². The Morgan fingerprint density at radius 2 is 1.31 bits per heavy atom. The largest absolute Gasteiger partial charge is 0.490 e. The summed E-state index contributed by atoms with van der Waals surface area (Å²) in [4.78, 5) is 36.0. The van der Waals surface area contributed by atoms with Crippen LogP contribution < -0.4 is 14.2 Å². The molecule has 250 valence electrons. The zero-order valence-electron chi connectivity index (χ0n) is 27.9. The van der Waals surface area contributed by atoms with Crippen molar-refractivity contribution in [1.29, 1.82) is 0 Å². The van der Waals surface area contributed by atoms with E-state index in [-0.39, 0.29) is 13.2 Å². The van der Waals surface area contributed by atoms with Gasteiger partial charge in [0, 0.05) is 27.8 Å². The number of hydrogen-bond acceptors (Lipinski definition) is 7. The summed E-state index contributed by atoms with van der Waals surface area (Å²) in [5, 5.41) is 0. The molecule has 0 N–H and O–H groups in total. The molecule has 7 nitrogen and oxygen atoms in total. The van der Waals surface area contributed by atoms with E-state index in [1.54, 1.807) is 101 Å². The summed E-state index contributed by atoms with van der Waals surface area (Å²) in [5.41, 5.74) is 4.99.